The molecule has 0 spiro atoms. The Balaban J connectivity index is 2.02. The molecule has 0 aliphatic rings. The van der Waals surface area contributed by atoms with E-state index in [1.54, 1.807) is 5.38 Å². The summed E-state index contributed by atoms with van der Waals surface area (Å²) in [6, 6.07) is 8.49. The Morgan fingerprint density at radius 1 is 1.36 bits per heavy atom. The number of likely N-dealkylation sites (N-methyl/N-ethyl adjacent to an activating group) is 1. The number of carbonyl (C=O) groups excluding carboxylic acids is 1. The fourth-order valence-electron chi connectivity index (χ4n) is 2.18. The molecule has 1 unspecified atom stereocenters. The van der Waals surface area contributed by atoms with Gasteiger partial charge in [-0.2, -0.15) is 0 Å². The Morgan fingerprint density at radius 3 is 2.59 bits per heavy atom. The largest absolute Gasteiger partial charge is 0.349 e. The van der Waals surface area contributed by atoms with Gasteiger partial charge in [0.15, 0.2) is 0 Å². The lowest BCUT2D eigenvalue weighted by Crippen LogP contribution is -2.34. The number of carbonyl (C=O) groups is 1. The minimum absolute atomic E-state index is 0.122. The van der Waals surface area contributed by atoms with Crippen LogP contribution in [-0.4, -0.2) is 36.4 Å². The molecule has 0 saturated carbocycles. The highest BCUT2D eigenvalue weighted by Crippen LogP contribution is 2.18. The summed E-state index contributed by atoms with van der Waals surface area (Å²) in [5, 5.41) is 5.47. The molecule has 0 saturated heterocycles. The number of hydrogen-bond acceptors (Lipinski definition) is 5. The summed E-state index contributed by atoms with van der Waals surface area (Å²) >= 11 is 1.41. The second-order valence-electron chi connectivity index (χ2n) is 5.43. The number of nitrogens with zero attached hydrogens (tertiary/aromatic N) is 2. The third kappa shape index (κ3) is 4.13. The molecule has 3 N–H and O–H groups in total. The molecule has 118 valence electrons. The SMILES string of the molecule is Cc1ccc(C(CNC(=O)c2csc(CN)n2)N(C)C)cc1. The number of amides is 1. The predicted octanol–water partition coefficient (Wildman–Crippen LogP) is 1.94. The van der Waals surface area contributed by atoms with E-state index in [2.05, 4.69) is 46.4 Å². The standard InChI is InChI=1S/C16H22N4OS/c1-11-4-6-12(7-5-11)14(20(2)3)9-18-16(21)13-10-22-15(8-17)19-13/h4-7,10,14H,8-9,17H2,1-3H3,(H,18,21). The Morgan fingerprint density at radius 2 is 2.05 bits per heavy atom. The van der Waals surface area contributed by atoms with Gasteiger partial charge in [0, 0.05) is 18.5 Å². The highest BCUT2D eigenvalue weighted by atomic mass is 32.1. The molecule has 1 aromatic heterocycles. The number of nitrogens with two attached hydrogens (primary N) is 1. The van der Waals surface area contributed by atoms with Gasteiger partial charge in [-0.1, -0.05) is 29.8 Å². The van der Waals surface area contributed by atoms with Crippen LogP contribution in [0, 0.1) is 6.92 Å². The van der Waals surface area contributed by atoms with Gasteiger partial charge < -0.3 is 16.0 Å². The van der Waals surface area contributed by atoms with Crippen molar-refractivity contribution in [2.45, 2.75) is 19.5 Å². The van der Waals surface area contributed by atoms with Crippen molar-refractivity contribution < 1.29 is 4.79 Å². The number of hydrogen-bond donors (Lipinski definition) is 2. The lowest BCUT2D eigenvalue weighted by molar-refractivity contribution is 0.0937. The molecular weight excluding hydrogens is 296 g/mol. The van der Waals surface area contributed by atoms with Crippen LogP contribution >= 0.6 is 11.3 Å². The summed E-state index contributed by atoms with van der Waals surface area (Å²) in [5.74, 6) is -0.157. The number of aryl methyl sites for hydroxylation is 1. The van der Waals surface area contributed by atoms with Crippen molar-refractivity contribution in [1.82, 2.24) is 15.2 Å². The van der Waals surface area contributed by atoms with Crippen molar-refractivity contribution in [3.05, 3.63) is 51.5 Å². The first-order chi connectivity index (χ1) is 10.5. The third-order valence-corrected chi connectivity index (χ3v) is 4.37. The molecular formula is C16H22N4OS. The molecule has 1 aromatic carbocycles. The van der Waals surface area contributed by atoms with E-state index in [1.165, 1.54) is 22.5 Å². The van der Waals surface area contributed by atoms with E-state index in [9.17, 15) is 4.79 Å². The first-order valence-corrected chi connectivity index (χ1v) is 8.05. The number of benzene rings is 1. The van der Waals surface area contributed by atoms with Crippen molar-refractivity contribution in [2.75, 3.05) is 20.6 Å². The van der Waals surface area contributed by atoms with Crippen molar-refractivity contribution in [3.63, 3.8) is 0 Å². The third-order valence-electron chi connectivity index (χ3n) is 3.50. The second-order valence-corrected chi connectivity index (χ2v) is 6.37. The van der Waals surface area contributed by atoms with E-state index in [0.29, 0.717) is 18.8 Å². The summed E-state index contributed by atoms with van der Waals surface area (Å²) in [5.41, 5.74) is 8.36. The first-order valence-electron chi connectivity index (χ1n) is 7.17. The lowest BCUT2D eigenvalue weighted by atomic mass is 10.0. The molecule has 5 nitrogen and oxygen atoms in total. The van der Waals surface area contributed by atoms with Gasteiger partial charge in [0.05, 0.1) is 6.04 Å². The minimum Gasteiger partial charge on any atom is -0.349 e. The second kappa shape index (κ2) is 7.49. The van der Waals surface area contributed by atoms with Crippen LogP contribution in [0.3, 0.4) is 0 Å². The van der Waals surface area contributed by atoms with Gasteiger partial charge >= 0.3 is 0 Å². The molecule has 2 rings (SSSR count). The zero-order valence-electron chi connectivity index (χ0n) is 13.2. The van der Waals surface area contributed by atoms with Gasteiger partial charge in [-0.05, 0) is 26.6 Å². The summed E-state index contributed by atoms with van der Waals surface area (Å²) in [4.78, 5) is 18.5. The van der Waals surface area contributed by atoms with Crippen LogP contribution in [-0.2, 0) is 6.54 Å². The normalized spacial score (nSPS) is 12.4. The molecule has 2 aromatic rings. The van der Waals surface area contributed by atoms with Gasteiger partial charge in [-0.25, -0.2) is 4.98 Å². The fraction of sp³-hybridized carbons (Fsp3) is 0.375. The molecule has 1 atom stereocenters. The van der Waals surface area contributed by atoms with Gasteiger partial charge in [0.25, 0.3) is 5.91 Å². The van der Waals surface area contributed by atoms with Gasteiger partial charge in [0.1, 0.15) is 10.7 Å². The monoisotopic (exact) mass is 318 g/mol. The molecule has 0 bridgehead atoms. The van der Waals surface area contributed by atoms with Crippen LogP contribution < -0.4 is 11.1 Å². The lowest BCUT2D eigenvalue weighted by Gasteiger charge is -2.25. The van der Waals surface area contributed by atoms with Crippen molar-refractivity contribution >= 4 is 17.2 Å². The molecule has 0 fully saturated rings. The molecule has 1 amide bonds. The highest BCUT2D eigenvalue weighted by molar-refractivity contribution is 7.09. The number of nitrogens with one attached hydrogen (secondary N) is 1. The van der Waals surface area contributed by atoms with Crippen molar-refractivity contribution in [2.24, 2.45) is 5.73 Å². The maximum atomic E-state index is 12.2. The Bertz CT molecular complexity index is 621. The zero-order valence-corrected chi connectivity index (χ0v) is 14.0. The number of aromatic nitrogens is 1. The average molecular weight is 318 g/mol. The molecule has 1 heterocycles. The van der Waals surface area contributed by atoms with E-state index in [-0.39, 0.29) is 11.9 Å². The first kappa shape index (κ1) is 16.6. The van der Waals surface area contributed by atoms with E-state index < -0.39 is 0 Å². The number of rotatable bonds is 6. The van der Waals surface area contributed by atoms with Crippen LogP contribution in [0.1, 0.15) is 32.7 Å². The Kier molecular flexibility index (Phi) is 5.65. The van der Waals surface area contributed by atoms with Crippen LogP contribution in [0.15, 0.2) is 29.6 Å². The van der Waals surface area contributed by atoms with E-state index in [4.69, 9.17) is 5.73 Å². The molecule has 0 aliphatic heterocycles. The summed E-state index contributed by atoms with van der Waals surface area (Å²) < 4.78 is 0. The Hall–Kier alpha value is -1.76. The zero-order chi connectivity index (χ0) is 16.1. The highest BCUT2D eigenvalue weighted by Gasteiger charge is 2.17. The smallest absolute Gasteiger partial charge is 0.270 e. The fourth-order valence-corrected chi connectivity index (χ4v) is 2.83. The maximum absolute atomic E-state index is 12.2. The maximum Gasteiger partial charge on any atom is 0.270 e. The summed E-state index contributed by atoms with van der Waals surface area (Å²) in [6.07, 6.45) is 0. The number of thiazole rings is 1. The van der Waals surface area contributed by atoms with Crippen LogP contribution in [0.5, 0.6) is 0 Å². The van der Waals surface area contributed by atoms with Crippen molar-refractivity contribution in [3.8, 4) is 0 Å². The summed E-state index contributed by atoms with van der Waals surface area (Å²) in [7, 11) is 4.01. The van der Waals surface area contributed by atoms with Crippen LogP contribution in [0.25, 0.3) is 0 Å². The Labute approximate surface area is 135 Å². The van der Waals surface area contributed by atoms with Crippen LogP contribution in [0.4, 0.5) is 0 Å². The molecule has 22 heavy (non-hydrogen) atoms. The van der Waals surface area contributed by atoms with Gasteiger partial charge in [-0.3, -0.25) is 4.79 Å². The van der Waals surface area contributed by atoms with E-state index in [1.807, 2.05) is 14.1 Å². The van der Waals surface area contributed by atoms with E-state index >= 15 is 0 Å². The predicted molar refractivity (Wildman–Crippen MR) is 89.9 cm³/mol. The van der Waals surface area contributed by atoms with E-state index in [0.717, 1.165) is 5.01 Å². The van der Waals surface area contributed by atoms with Crippen molar-refractivity contribution in [1.29, 1.82) is 0 Å². The molecule has 0 radical (unpaired) electrons. The van der Waals surface area contributed by atoms with Gasteiger partial charge in [0.2, 0.25) is 0 Å². The van der Waals surface area contributed by atoms with Gasteiger partial charge in [-0.15, -0.1) is 11.3 Å². The average Bonchev–Trinajstić information content (AvgIpc) is 2.98. The topological polar surface area (TPSA) is 71.2 Å². The minimum atomic E-state index is -0.157. The quantitative estimate of drug-likeness (QED) is 0.854. The summed E-state index contributed by atoms with van der Waals surface area (Å²) in [6.45, 7) is 2.96. The van der Waals surface area contributed by atoms with Crippen LogP contribution in [0.2, 0.25) is 0 Å². The molecule has 6 heteroatoms. The molecule has 0 aliphatic carbocycles.